The van der Waals surface area contributed by atoms with Gasteiger partial charge in [0.1, 0.15) is 17.2 Å². The molecule has 31 heavy (non-hydrogen) atoms. The summed E-state index contributed by atoms with van der Waals surface area (Å²) in [4.78, 5) is 22.6. The lowest BCUT2D eigenvalue weighted by molar-refractivity contribution is 0.102. The normalized spacial score (nSPS) is 10.9. The Hall–Kier alpha value is -4.25. The third-order valence-electron chi connectivity index (χ3n) is 5.21. The van der Waals surface area contributed by atoms with Crippen LogP contribution in [0.25, 0.3) is 28.2 Å². The van der Waals surface area contributed by atoms with Gasteiger partial charge in [0, 0.05) is 17.3 Å². The predicted molar refractivity (Wildman–Crippen MR) is 123 cm³/mol. The summed E-state index contributed by atoms with van der Waals surface area (Å²) < 4.78 is 1.89. The predicted octanol–water partition coefficient (Wildman–Crippen LogP) is 5.62. The minimum absolute atomic E-state index is 0.215. The van der Waals surface area contributed by atoms with Crippen molar-refractivity contribution in [3.8, 4) is 22.5 Å². The second kappa shape index (κ2) is 7.88. The van der Waals surface area contributed by atoms with Gasteiger partial charge >= 0.3 is 0 Å². The van der Waals surface area contributed by atoms with Gasteiger partial charge in [0.15, 0.2) is 0 Å². The first-order valence-electron chi connectivity index (χ1n) is 10.1. The van der Waals surface area contributed by atoms with Crippen molar-refractivity contribution in [3.63, 3.8) is 0 Å². The van der Waals surface area contributed by atoms with Crippen LogP contribution in [-0.2, 0) is 0 Å². The monoisotopic (exact) mass is 404 g/mol. The van der Waals surface area contributed by atoms with E-state index in [-0.39, 0.29) is 5.91 Å². The van der Waals surface area contributed by atoms with Crippen molar-refractivity contribution in [2.75, 3.05) is 5.32 Å². The molecule has 0 bridgehead atoms. The highest BCUT2D eigenvalue weighted by Crippen LogP contribution is 2.29. The van der Waals surface area contributed by atoms with Crippen molar-refractivity contribution in [3.05, 3.63) is 108 Å². The second-order valence-electron chi connectivity index (χ2n) is 7.25. The molecule has 0 saturated heterocycles. The number of aromatic nitrogens is 3. The number of nitrogens with zero attached hydrogens (tertiary/aromatic N) is 3. The van der Waals surface area contributed by atoms with E-state index in [0.29, 0.717) is 17.1 Å². The molecule has 0 aliphatic carbocycles. The van der Waals surface area contributed by atoms with Crippen LogP contribution in [0.1, 0.15) is 16.1 Å². The first-order chi connectivity index (χ1) is 15.2. The Morgan fingerprint density at radius 1 is 0.774 bits per heavy atom. The molecule has 3 heterocycles. The lowest BCUT2D eigenvalue weighted by Gasteiger charge is -2.10. The molecular formula is C26H20N4O. The van der Waals surface area contributed by atoms with Gasteiger partial charge < -0.3 is 5.32 Å². The van der Waals surface area contributed by atoms with Crippen LogP contribution < -0.4 is 5.32 Å². The van der Waals surface area contributed by atoms with Crippen molar-refractivity contribution in [1.29, 1.82) is 0 Å². The summed E-state index contributed by atoms with van der Waals surface area (Å²) in [5.41, 5.74) is 5.51. The van der Waals surface area contributed by atoms with Crippen molar-refractivity contribution in [2.45, 2.75) is 6.92 Å². The number of carbonyl (C=O) groups excluding carboxylic acids is 1. The van der Waals surface area contributed by atoms with Gasteiger partial charge in [-0.25, -0.2) is 4.98 Å². The maximum absolute atomic E-state index is 13.2. The van der Waals surface area contributed by atoms with Gasteiger partial charge in [-0.15, -0.1) is 0 Å². The Morgan fingerprint density at radius 3 is 2.16 bits per heavy atom. The summed E-state index contributed by atoms with van der Waals surface area (Å²) in [6.45, 7) is 1.86. The molecule has 1 amide bonds. The smallest absolute Gasteiger partial charge is 0.258 e. The molecule has 0 fully saturated rings. The summed E-state index contributed by atoms with van der Waals surface area (Å²) in [6.07, 6.45) is 1.90. The fraction of sp³-hybridized carbons (Fsp3) is 0.0385. The molecule has 0 radical (unpaired) electrons. The van der Waals surface area contributed by atoms with Crippen molar-refractivity contribution in [2.24, 2.45) is 0 Å². The van der Waals surface area contributed by atoms with Crippen LogP contribution in [0.3, 0.4) is 0 Å². The molecule has 0 saturated carbocycles. The number of benzene rings is 2. The number of amides is 1. The molecule has 150 valence electrons. The fourth-order valence-corrected chi connectivity index (χ4v) is 3.66. The number of imidazole rings is 1. The van der Waals surface area contributed by atoms with Gasteiger partial charge in [0.2, 0.25) is 0 Å². The first-order valence-corrected chi connectivity index (χ1v) is 10.1. The molecular weight excluding hydrogens is 384 g/mol. The fourth-order valence-electron chi connectivity index (χ4n) is 3.66. The number of pyridine rings is 2. The molecule has 0 aliphatic rings. The van der Waals surface area contributed by atoms with Gasteiger partial charge in [-0.3, -0.25) is 14.2 Å². The third-order valence-corrected chi connectivity index (χ3v) is 5.21. The Bertz CT molecular complexity index is 1370. The largest absolute Gasteiger partial charge is 0.306 e. The van der Waals surface area contributed by atoms with E-state index in [1.807, 2.05) is 109 Å². The number of fused-ring (bicyclic) bond motifs is 1. The number of nitrogens with one attached hydrogen (secondary N) is 1. The molecule has 2 aromatic carbocycles. The molecule has 0 unspecified atom stereocenters. The van der Waals surface area contributed by atoms with Crippen LogP contribution in [0.4, 0.5) is 5.82 Å². The van der Waals surface area contributed by atoms with Crippen molar-refractivity contribution < 1.29 is 4.79 Å². The third kappa shape index (κ3) is 3.57. The van der Waals surface area contributed by atoms with E-state index in [0.717, 1.165) is 28.2 Å². The van der Waals surface area contributed by atoms with E-state index in [1.165, 1.54) is 0 Å². The summed E-state index contributed by atoms with van der Waals surface area (Å²) >= 11 is 0. The van der Waals surface area contributed by atoms with Gasteiger partial charge in [-0.1, -0.05) is 66.7 Å². The van der Waals surface area contributed by atoms with Gasteiger partial charge in [0.25, 0.3) is 5.91 Å². The van der Waals surface area contributed by atoms with Gasteiger partial charge in [-0.05, 0) is 31.2 Å². The zero-order chi connectivity index (χ0) is 21.2. The van der Waals surface area contributed by atoms with E-state index in [9.17, 15) is 4.79 Å². The number of carbonyl (C=O) groups is 1. The number of hydrogen-bond acceptors (Lipinski definition) is 3. The van der Waals surface area contributed by atoms with Crippen LogP contribution in [0.5, 0.6) is 0 Å². The minimum Gasteiger partial charge on any atom is -0.306 e. The average molecular weight is 404 g/mol. The average Bonchev–Trinajstić information content (AvgIpc) is 3.18. The highest BCUT2D eigenvalue weighted by molar-refractivity contribution is 6.06. The Balaban J connectivity index is 1.53. The van der Waals surface area contributed by atoms with Crippen LogP contribution in [0.2, 0.25) is 0 Å². The molecule has 0 aliphatic heterocycles. The highest BCUT2D eigenvalue weighted by atomic mass is 16.1. The van der Waals surface area contributed by atoms with Crippen LogP contribution >= 0.6 is 0 Å². The Labute approximate surface area is 180 Å². The SMILES string of the molecule is Cc1nc(-c2ccccc2)ccc1C(=O)Nc1c(-c2ccccc2)nc2ccccn12. The van der Waals surface area contributed by atoms with E-state index >= 15 is 0 Å². The minimum atomic E-state index is -0.215. The number of hydrogen-bond donors (Lipinski definition) is 1. The molecule has 5 rings (SSSR count). The van der Waals surface area contributed by atoms with E-state index in [2.05, 4.69) is 10.3 Å². The molecule has 5 aromatic rings. The number of aryl methyl sites for hydroxylation is 1. The van der Waals surface area contributed by atoms with Crippen molar-refractivity contribution >= 4 is 17.4 Å². The van der Waals surface area contributed by atoms with Crippen molar-refractivity contribution in [1.82, 2.24) is 14.4 Å². The highest BCUT2D eigenvalue weighted by Gasteiger charge is 2.18. The second-order valence-corrected chi connectivity index (χ2v) is 7.25. The molecule has 0 spiro atoms. The number of rotatable bonds is 4. The van der Waals surface area contributed by atoms with E-state index in [4.69, 9.17) is 4.98 Å². The summed E-state index contributed by atoms with van der Waals surface area (Å²) in [6, 6.07) is 29.3. The maximum Gasteiger partial charge on any atom is 0.258 e. The standard InChI is InChI=1S/C26H20N4O/c1-18-21(15-16-22(27-18)19-10-4-2-5-11-19)26(31)29-25-24(20-12-6-3-7-13-20)28-23-14-8-9-17-30(23)25/h2-17H,1H3,(H,29,31). The lowest BCUT2D eigenvalue weighted by Crippen LogP contribution is -2.16. The summed E-state index contributed by atoms with van der Waals surface area (Å²) in [7, 11) is 0. The lowest BCUT2D eigenvalue weighted by atomic mass is 10.1. The molecule has 3 aromatic heterocycles. The number of anilines is 1. The van der Waals surface area contributed by atoms with Crippen LogP contribution in [0, 0.1) is 6.92 Å². The first kappa shape index (κ1) is 18.8. The van der Waals surface area contributed by atoms with E-state index in [1.54, 1.807) is 0 Å². The molecule has 1 N–H and O–H groups in total. The van der Waals surface area contributed by atoms with E-state index < -0.39 is 0 Å². The summed E-state index contributed by atoms with van der Waals surface area (Å²) in [5.74, 6) is 0.422. The van der Waals surface area contributed by atoms with Gasteiger partial charge in [-0.2, -0.15) is 0 Å². The zero-order valence-electron chi connectivity index (χ0n) is 17.0. The molecule has 5 heteroatoms. The molecule has 5 nitrogen and oxygen atoms in total. The zero-order valence-corrected chi connectivity index (χ0v) is 17.0. The maximum atomic E-state index is 13.2. The summed E-state index contributed by atoms with van der Waals surface area (Å²) in [5, 5.41) is 3.07. The van der Waals surface area contributed by atoms with Gasteiger partial charge in [0.05, 0.1) is 17.0 Å². The topological polar surface area (TPSA) is 59.3 Å². The quantitative estimate of drug-likeness (QED) is 0.423. The Kier molecular flexibility index (Phi) is 4.77. The molecule has 0 atom stereocenters. The van der Waals surface area contributed by atoms with Crippen LogP contribution in [-0.4, -0.2) is 20.3 Å². The van der Waals surface area contributed by atoms with Crippen LogP contribution in [0.15, 0.2) is 97.2 Å². The Morgan fingerprint density at radius 2 is 1.45 bits per heavy atom.